The average molecular weight is 273 g/mol. The Bertz CT molecular complexity index is 394. The van der Waals surface area contributed by atoms with Gasteiger partial charge in [0.05, 0.1) is 22.4 Å². The van der Waals surface area contributed by atoms with E-state index in [-0.39, 0.29) is 0 Å². The first-order chi connectivity index (χ1) is 6.75. The zero-order valence-corrected chi connectivity index (χ0v) is 9.72. The van der Waals surface area contributed by atoms with Crippen molar-refractivity contribution >= 4 is 27.3 Å². The zero-order valence-electron chi connectivity index (χ0n) is 7.31. The fourth-order valence-corrected chi connectivity index (χ4v) is 2.75. The molecule has 1 unspecified atom stereocenters. The highest BCUT2D eigenvalue weighted by molar-refractivity contribution is 9.11. The average Bonchev–Trinajstić information content (AvgIpc) is 2.75. The third-order valence-corrected chi connectivity index (χ3v) is 3.60. The van der Waals surface area contributed by atoms with Gasteiger partial charge in [0.25, 0.3) is 0 Å². The molecule has 0 amide bonds. The van der Waals surface area contributed by atoms with E-state index >= 15 is 0 Å². The monoisotopic (exact) mass is 272 g/mol. The maximum atomic E-state index is 9.80. The normalized spacial score (nSPS) is 13.0. The van der Waals surface area contributed by atoms with Crippen LogP contribution in [0.25, 0.3) is 0 Å². The molecule has 1 N–H and O–H groups in total. The molecule has 1 atom stereocenters. The van der Waals surface area contributed by atoms with Crippen molar-refractivity contribution in [1.29, 1.82) is 0 Å². The van der Waals surface area contributed by atoms with Crippen molar-refractivity contribution in [2.24, 2.45) is 0 Å². The van der Waals surface area contributed by atoms with Crippen LogP contribution in [0, 0.1) is 0 Å². The van der Waals surface area contributed by atoms with E-state index in [2.05, 4.69) is 15.9 Å². The molecule has 2 nitrogen and oxygen atoms in total. The Balaban J connectivity index is 2.05. The van der Waals surface area contributed by atoms with Gasteiger partial charge in [-0.2, -0.15) is 0 Å². The number of aliphatic hydroxyl groups is 1. The van der Waals surface area contributed by atoms with Gasteiger partial charge in [-0.25, -0.2) is 0 Å². The van der Waals surface area contributed by atoms with Gasteiger partial charge in [-0.1, -0.05) is 0 Å². The summed E-state index contributed by atoms with van der Waals surface area (Å²) in [4.78, 5) is 1.16. The topological polar surface area (TPSA) is 33.4 Å². The quantitative estimate of drug-likeness (QED) is 0.930. The molecule has 2 rings (SSSR count). The second kappa shape index (κ2) is 4.29. The summed E-state index contributed by atoms with van der Waals surface area (Å²) >= 11 is 5.03. The number of furan rings is 1. The molecule has 2 aromatic rings. The van der Waals surface area contributed by atoms with Crippen LogP contribution >= 0.6 is 27.3 Å². The molecule has 0 bridgehead atoms. The van der Waals surface area contributed by atoms with E-state index in [1.165, 1.54) is 0 Å². The second-order valence-electron chi connectivity index (χ2n) is 2.98. The summed E-state index contributed by atoms with van der Waals surface area (Å²) in [5.41, 5.74) is 0.828. The number of aliphatic hydroxyl groups excluding tert-OH is 1. The number of hydrogen-bond acceptors (Lipinski definition) is 3. The van der Waals surface area contributed by atoms with Gasteiger partial charge in [0.1, 0.15) is 0 Å². The van der Waals surface area contributed by atoms with Crippen LogP contribution in [0.2, 0.25) is 0 Å². The van der Waals surface area contributed by atoms with E-state index < -0.39 is 6.10 Å². The molecule has 0 aliphatic rings. The molecule has 0 saturated heterocycles. The van der Waals surface area contributed by atoms with Crippen LogP contribution in [-0.4, -0.2) is 5.11 Å². The molecular weight excluding hydrogens is 264 g/mol. The number of rotatable bonds is 3. The van der Waals surface area contributed by atoms with Gasteiger partial charge < -0.3 is 9.52 Å². The van der Waals surface area contributed by atoms with Crippen LogP contribution in [0.15, 0.2) is 38.9 Å². The van der Waals surface area contributed by atoms with E-state index in [0.717, 1.165) is 14.2 Å². The molecule has 0 aliphatic carbocycles. The van der Waals surface area contributed by atoms with Gasteiger partial charge in [0.15, 0.2) is 0 Å². The summed E-state index contributed by atoms with van der Waals surface area (Å²) < 4.78 is 6.00. The lowest BCUT2D eigenvalue weighted by Crippen LogP contribution is -1.98. The minimum Gasteiger partial charge on any atom is -0.472 e. The third kappa shape index (κ3) is 2.26. The molecule has 0 aliphatic heterocycles. The minimum absolute atomic E-state index is 0.473. The first-order valence-corrected chi connectivity index (χ1v) is 5.81. The molecule has 0 aromatic carbocycles. The molecule has 74 valence electrons. The predicted molar refractivity (Wildman–Crippen MR) is 59.4 cm³/mol. The zero-order chi connectivity index (χ0) is 9.97. The first-order valence-electron chi connectivity index (χ1n) is 4.20. The third-order valence-electron chi connectivity index (χ3n) is 1.95. The summed E-state index contributed by atoms with van der Waals surface area (Å²) in [5, 5.41) is 9.80. The fraction of sp³-hybridized carbons (Fsp3) is 0.200. The molecule has 0 radical (unpaired) electrons. The lowest BCUT2D eigenvalue weighted by atomic mass is 10.1. The van der Waals surface area contributed by atoms with Crippen LogP contribution in [0.3, 0.4) is 0 Å². The molecular formula is C10H9BrO2S. The minimum atomic E-state index is -0.473. The van der Waals surface area contributed by atoms with Crippen molar-refractivity contribution in [2.45, 2.75) is 12.5 Å². The Labute approximate surface area is 94.3 Å². The Kier molecular flexibility index (Phi) is 3.05. The Morgan fingerprint density at radius 3 is 2.86 bits per heavy atom. The summed E-state index contributed by atoms with van der Waals surface area (Å²) in [6.45, 7) is 0. The summed E-state index contributed by atoms with van der Waals surface area (Å²) in [6.07, 6.45) is 3.31. The number of hydrogen-bond donors (Lipinski definition) is 1. The van der Waals surface area contributed by atoms with Crippen LogP contribution in [0.5, 0.6) is 0 Å². The van der Waals surface area contributed by atoms with E-state index in [4.69, 9.17) is 4.42 Å². The van der Waals surface area contributed by atoms with E-state index in [1.54, 1.807) is 29.9 Å². The van der Waals surface area contributed by atoms with Gasteiger partial charge >= 0.3 is 0 Å². The summed E-state index contributed by atoms with van der Waals surface area (Å²) in [7, 11) is 0. The van der Waals surface area contributed by atoms with E-state index in [9.17, 15) is 5.11 Å². The van der Waals surface area contributed by atoms with Crippen LogP contribution in [-0.2, 0) is 6.42 Å². The molecule has 2 heterocycles. The van der Waals surface area contributed by atoms with E-state index in [1.807, 2.05) is 12.1 Å². The van der Waals surface area contributed by atoms with Crippen molar-refractivity contribution in [2.75, 3.05) is 0 Å². The van der Waals surface area contributed by atoms with Gasteiger partial charge in [0, 0.05) is 16.9 Å². The molecule has 14 heavy (non-hydrogen) atoms. The summed E-state index contributed by atoms with van der Waals surface area (Å²) in [6, 6.07) is 5.79. The highest BCUT2D eigenvalue weighted by Crippen LogP contribution is 2.26. The summed E-state index contributed by atoms with van der Waals surface area (Å²) in [5.74, 6) is 0. The van der Waals surface area contributed by atoms with Crippen molar-refractivity contribution in [1.82, 2.24) is 0 Å². The molecule has 0 fully saturated rings. The SMILES string of the molecule is OC(Cc1ccc(Br)s1)c1ccoc1. The largest absolute Gasteiger partial charge is 0.472 e. The number of halogens is 1. The molecule has 2 aromatic heterocycles. The molecule has 0 saturated carbocycles. The maximum absolute atomic E-state index is 9.80. The van der Waals surface area contributed by atoms with E-state index in [0.29, 0.717) is 6.42 Å². The standard InChI is InChI=1S/C10H9BrO2S/c11-10-2-1-8(14-10)5-9(12)7-3-4-13-6-7/h1-4,6,9,12H,5H2. The van der Waals surface area contributed by atoms with Crippen LogP contribution in [0.4, 0.5) is 0 Å². The van der Waals surface area contributed by atoms with Gasteiger partial charge in [0.2, 0.25) is 0 Å². The van der Waals surface area contributed by atoms with Gasteiger partial charge in [-0.05, 0) is 34.1 Å². The first kappa shape index (κ1) is 9.96. The second-order valence-corrected chi connectivity index (χ2v) is 5.53. The van der Waals surface area contributed by atoms with Crippen molar-refractivity contribution in [3.05, 3.63) is 45.0 Å². The van der Waals surface area contributed by atoms with Crippen molar-refractivity contribution in [3.8, 4) is 0 Å². The van der Waals surface area contributed by atoms with Crippen molar-refractivity contribution < 1.29 is 9.52 Å². The Hall–Kier alpha value is -0.580. The fourth-order valence-electron chi connectivity index (χ4n) is 1.23. The van der Waals surface area contributed by atoms with Crippen LogP contribution < -0.4 is 0 Å². The lowest BCUT2D eigenvalue weighted by molar-refractivity contribution is 0.178. The van der Waals surface area contributed by atoms with Gasteiger partial charge in [-0.15, -0.1) is 11.3 Å². The lowest BCUT2D eigenvalue weighted by Gasteiger charge is -2.05. The van der Waals surface area contributed by atoms with Crippen molar-refractivity contribution in [3.63, 3.8) is 0 Å². The number of thiophene rings is 1. The highest BCUT2D eigenvalue weighted by atomic mass is 79.9. The predicted octanol–water partition coefficient (Wildman–Crippen LogP) is 3.38. The molecule has 0 spiro atoms. The Morgan fingerprint density at radius 2 is 2.29 bits per heavy atom. The van der Waals surface area contributed by atoms with Crippen LogP contribution in [0.1, 0.15) is 16.5 Å². The van der Waals surface area contributed by atoms with Gasteiger partial charge in [-0.3, -0.25) is 0 Å². The Morgan fingerprint density at radius 1 is 1.43 bits per heavy atom. The maximum Gasteiger partial charge on any atom is 0.0960 e. The smallest absolute Gasteiger partial charge is 0.0960 e. The highest BCUT2D eigenvalue weighted by Gasteiger charge is 2.10. The molecule has 4 heteroatoms.